The second kappa shape index (κ2) is 10.0. The number of carbonyl (C=O) groups excluding carboxylic acids is 1. The molecule has 0 radical (unpaired) electrons. The predicted octanol–water partition coefficient (Wildman–Crippen LogP) is 4.15. The third-order valence-electron chi connectivity index (χ3n) is 8.03. The van der Waals surface area contributed by atoms with Crippen LogP contribution in [0.2, 0.25) is 0 Å². The van der Waals surface area contributed by atoms with Gasteiger partial charge < -0.3 is 19.4 Å². The Morgan fingerprint density at radius 3 is 2.38 bits per heavy atom. The number of hydrogen-bond donors (Lipinski definition) is 1. The molecule has 1 N–H and O–H groups in total. The van der Waals surface area contributed by atoms with Gasteiger partial charge >= 0.3 is 6.18 Å². The molecule has 3 aromatic rings. The van der Waals surface area contributed by atoms with Crippen LogP contribution in [0.4, 0.5) is 13.2 Å². The van der Waals surface area contributed by atoms with Gasteiger partial charge in [0.15, 0.2) is 0 Å². The molecule has 5 rings (SSSR count). The van der Waals surface area contributed by atoms with E-state index in [1.54, 1.807) is 42.4 Å². The molecule has 0 aliphatic carbocycles. The highest BCUT2D eigenvalue weighted by Crippen LogP contribution is 2.50. The van der Waals surface area contributed by atoms with Crippen LogP contribution in [0.1, 0.15) is 55.2 Å². The number of nitrogens with zero attached hydrogens (tertiary/aromatic N) is 5. The van der Waals surface area contributed by atoms with Crippen LogP contribution in [0.3, 0.4) is 0 Å². The first-order valence-corrected chi connectivity index (χ1v) is 13.0. The normalized spacial score (nSPS) is 19.9. The Labute approximate surface area is 224 Å². The van der Waals surface area contributed by atoms with E-state index in [9.17, 15) is 23.1 Å². The van der Waals surface area contributed by atoms with Crippen molar-refractivity contribution in [3.63, 3.8) is 0 Å². The van der Waals surface area contributed by atoms with Gasteiger partial charge in [0.25, 0.3) is 0 Å². The van der Waals surface area contributed by atoms with Crippen LogP contribution in [0.5, 0.6) is 0 Å². The van der Waals surface area contributed by atoms with E-state index in [4.69, 9.17) is 4.52 Å². The highest BCUT2D eigenvalue weighted by atomic mass is 19.4. The zero-order valence-corrected chi connectivity index (χ0v) is 22.2. The number of alkyl halides is 3. The van der Waals surface area contributed by atoms with Crippen molar-refractivity contribution in [2.24, 2.45) is 5.41 Å². The zero-order chi connectivity index (χ0) is 28.0. The van der Waals surface area contributed by atoms with Gasteiger partial charge in [0.05, 0.1) is 6.42 Å². The zero-order valence-electron chi connectivity index (χ0n) is 22.2. The highest BCUT2D eigenvalue weighted by Gasteiger charge is 2.55. The number of hydrogen-bond acceptors (Lipinski definition) is 7. The van der Waals surface area contributed by atoms with Gasteiger partial charge in [-0.1, -0.05) is 36.3 Å². The van der Waals surface area contributed by atoms with Crippen LogP contribution in [0.15, 0.2) is 47.2 Å². The van der Waals surface area contributed by atoms with Crippen molar-refractivity contribution in [3.8, 4) is 11.4 Å². The molecule has 4 heterocycles. The van der Waals surface area contributed by atoms with E-state index in [0.717, 1.165) is 12.8 Å². The van der Waals surface area contributed by atoms with E-state index in [-0.39, 0.29) is 17.4 Å². The van der Waals surface area contributed by atoms with E-state index in [1.807, 2.05) is 14.0 Å². The molecule has 208 valence electrons. The lowest BCUT2D eigenvalue weighted by molar-refractivity contribution is -0.130. The molecule has 2 aliphatic heterocycles. The molecule has 2 aliphatic rings. The van der Waals surface area contributed by atoms with Crippen LogP contribution >= 0.6 is 0 Å². The number of aromatic nitrogens is 3. The summed E-state index contributed by atoms with van der Waals surface area (Å²) in [7, 11) is 1.95. The Balaban J connectivity index is 1.45. The molecule has 1 amide bonds. The molecule has 2 saturated heterocycles. The second-order valence-corrected chi connectivity index (χ2v) is 11.1. The molecule has 11 heteroatoms. The number of likely N-dealkylation sites (tertiary alicyclic amines) is 2. The summed E-state index contributed by atoms with van der Waals surface area (Å²) in [5.74, 6) is 0.944. The average Bonchev–Trinajstić information content (AvgIpc) is 3.37. The molecular formula is C28H32F3N5O3. The average molecular weight is 544 g/mol. The minimum Gasteiger partial charge on any atom is -0.380 e. The van der Waals surface area contributed by atoms with Gasteiger partial charge in [-0.15, -0.1) is 0 Å². The predicted molar refractivity (Wildman–Crippen MR) is 137 cm³/mol. The molecule has 0 bridgehead atoms. The van der Waals surface area contributed by atoms with Crippen LogP contribution < -0.4 is 0 Å². The Bertz CT molecular complexity index is 1330. The summed E-state index contributed by atoms with van der Waals surface area (Å²) in [6.07, 6.45) is -0.706. The third kappa shape index (κ3) is 5.29. The second-order valence-electron chi connectivity index (χ2n) is 11.1. The lowest BCUT2D eigenvalue weighted by Crippen LogP contribution is -2.63. The SMILES string of the molecule is CC(=O)N1CCC(c2nc(-c3cncc(C(O)(c4ccc(CC(F)(F)F)cc4)C4(C)CN(C)C4)c3)no2)CC1. The number of benzene rings is 1. The summed E-state index contributed by atoms with van der Waals surface area (Å²) in [5.41, 5.74) is -0.447. The van der Waals surface area contributed by atoms with Crippen molar-refractivity contribution in [3.05, 3.63) is 65.3 Å². The molecule has 8 nitrogen and oxygen atoms in total. The molecule has 39 heavy (non-hydrogen) atoms. The summed E-state index contributed by atoms with van der Waals surface area (Å²) in [4.78, 5) is 24.5. The first kappa shape index (κ1) is 27.3. The van der Waals surface area contributed by atoms with Gasteiger partial charge in [0.2, 0.25) is 17.6 Å². The molecule has 2 aromatic heterocycles. The molecule has 1 atom stereocenters. The maximum Gasteiger partial charge on any atom is 0.393 e. The number of aliphatic hydroxyl groups is 1. The molecule has 2 fully saturated rings. The van der Waals surface area contributed by atoms with Crippen molar-refractivity contribution in [2.45, 2.75) is 50.8 Å². The quantitative estimate of drug-likeness (QED) is 0.499. The van der Waals surface area contributed by atoms with Crippen molar-refractivity contribution < 1.29 is 27.6 Å². The summed E-state index contributed by atoms with van der Waals surface area (Å²) in [6.45, 7) is 5.97. The number of pyridine rings is 1. The van der Waals surface area contributed by atoms with Crippen molar-refractivity contribution in [1.29, 1.82) is 0 Å². The van der Waals surface area contributed by atoms with Crippen molar-refractivity contribution in [1.82, 2.24) is 24.9 Å². The third-order valence-corrected chi connectivity index (χ3v) is 8.03. The van der Waals surface area contributed by atoms with Gasteiger partial charge in [0, 0.05) is 68.0 Å². The number of rotatable bonds is 6. The van der Waals surface area contributed by atoms with Gasteiger partial charge in [-0.2, -0.15) is 18.2 Å². The summed E-state index contributed by atoms with van der Waals surface area (Å²) < 4.78 is 44.3. The van der Waals surface area contributed by atoms with Crippen molar-refractivity contribution in [2.75, 3.05) is 33.2 Å². The standard InChI is InChI=1S/C28H32F3N5O3/c1-18(37)36-10-8-20(9-11-36)25-33-24(34-39-25)21-12-23(15-32-14-21)28(38,26(2)16-35(3)17-26)22-6-4-19(5-7-22)13-27(29,30)31/h4-7,12,14-15,20,38H,8-11,13,16-17H2,1-3H3. The summed E-state index contributed by atoms with van der Waals surface area (Å²) >= 11 is 0. The lowest BCUT2D eigenvalue weighted by Gasteiger charge is -2.55. The van der Waals surface area contributed by atoms with E-state index < -0.39 is 23.6 Å². The number of piperidine rings is 1. The van der Waals surface area contributed by atoms with Gasteiger partial charge in [-0.25, -0.2) is 0 Å². The molecule has 1 aromatic carbocycles. The van der Waals surface area contributed by atoms with E-state index >= 15 is 0 Å². The number of amides is 1. The molecule has 1 unspecified atom stereocenters. The maximum atomic E-state index is 12.9. The van der Waals surface area contributed by atoms with Crippen LogP contribution in [0.25, 0.3) is 11.4 Å². The molecule has 0 saturated carbocycles. The maximum absolute atomic E-state index is 12.9. The van der Waals surface area contributed by atoms with Crippen molar-refractivity contribution >= 4 is 5.91 Å². The van der Waals surface area contributed by atoms with Gasteiger partial charge in [-0.05, 0) is 37.1 Å². The first-order valence-electron chi connectivity index (χ1n) is 13.0. The smallest absolute Gasteiger partial charge is 0.380 e. The van der Waals surface area contributed by atoms with Gasteiger partial charge in [-0.3, -0.25) is 9.78 Å². The first-order chi connectivity index (χ1) is 18.4. The van der Waals surface area contributed by atoms with Crippen LogP contribution in [-0.4, -0.2) is 75.3 Å². The Morgan fingerprint density at radius 1 is 1.13 bits per heavy atom. The summed E-state index contributed by atoms with van der Waals surface area (Å²) in [5, 5.41) is 16.5. The summed E-state index contributed by atoms with van der Waals surface area (Å²) in [6, 6.07) is 7.74. The minimum atomic E-state index is -4.31. The Morgan fingerprint density at radius 2 is 1.79 bits per heavy atom. The monoisotopic (exact) mass is 543 g/mol. The number of carbonyl (C=O) groups is 1. The largest absolute Gasteiger partial charge is 0.393 e. The minimum absolute atomic E-state index is 0.0505. The van der Waals surface area contributed by atoms with Crippen LogP contribution in [0, 0.1) is 5.41 Å². The fourth-order valence-electron chi connectivity index (χ4n) is 6.05. The topological polar surface area (TPSA) is 95.6 Å². The molecular weight excluding hydrogens is 511 g/mol. The Hall–Kier alpha value is -3.31. The van der Waals surface area contributed by atoms with Crippen LogP contribution in [-0.2, 0) is 16.8 Å². The van der Waals surface area contributed by atoms with E-state index in [1.165, 1.54) is 12.1 Å². The van der Waals surface area contributed by atoms with E-state index in [0.29, 0.717) is 54.6 Å². The van der Waals surface area contributed by atoms with E-state index in [2.05, 4.69) is 20.0 Å². The Kier molecular flexibility index (Phi) is 7.00. The lowest BCUT2D eigenvalue weighted by atomic mass is 9.62. The highest BCUT2D eigenvalue weighted by molar-refractivity contribution is 5.73. The fraction of sp³-hybridized carbons (Fsp3) is 0.500. The molecule has 0 spiro atoms. The fourth-order valence-corrected chi connectivity index (χ4v) is 6.05. The van der Waals surface area contributed by atoms with Gasteiger partial charge in [0.1, 0.15) is 5.60 Å². The number of halogens is 3.